The molecule has 56 heavy (non-hydrogen) atoms. The van der Waals surface area contributed by atoms with Gasteiger partial charge in [0.2, 0.25) is 0 Å². The first-order valence-electron chi connectivity index (χ1n) is 20.6. The average molecular weight is 717 g/mol. The molecule has 1 nitrogen and oxygen atoms in total. The van der Waals surface area contributed by atoms with Gasteiger partial charge in [-0.2, -0.15) is 0 Å². The Kier molecular flexibility index (Phi) is 6.36. The van der Waals surface area contributed by atoms with Gasteiger partial charge in [-0.15, -0.1) is 0 Å². The van der Waals surface area contributed by atoms with Crippen molar-refractivity contribution in [3.05, 3.63) is 221 Å². The van der Waals surface area contributed by atoms with Crippen molar-refractivity contribution >= 4 is 17.1 Å². The average Bonchev–Trinajstić information content (AvgIpc) is 3.78. The van der Waals surface area contributed by atoms with Gasteiger partial charge >= 0.3 is 0 Å². The van der Waals surface area contributed by atoms with E-state index >= 15 is 0 Å². The molecular formula is C55H41N. The van der Waals surface area contributed by atoms with Crippen LogP contribution in [0.1, 0.15) is 72.9 Å². The summed E-state index contributed by atoms with van der Waals surface area (Å²) in [6.07, 6.45) is 1.86. The molecule has 0 atom stereocenters. The molecular weight excluding hydrogens is 675 g/mol. The van der Waals surface area contributed by atoms with Crippen LogP contribution in [0.3, 0.4) is 0 Å². The van der Waals surface area contributed by atoms with Crippen molar-refractivity contribution in [1.82, 2.24) is 0 Å². The molecule has 0 aromatic heterocycles. The summed E-state index contributed by atoms with van der Waals surface area (Å²) in [5.41, 5.74) is 22.2. The van der Waals surface area contributed by atoms with Crippen molar-refractivity contribution in [1.29, 1.82) is 0 Å². The topological polar surface area (TPSA) is 3.24 Å². The van der Waals surface area contributed by atoms with Crippen LogP contribution in [-0.4, -0.2) is 0 Å². The second-order valence-corrected chi connectivity index (χ2v) is 16.6. The number of rotatable bonds is 5. The first kappa shape index (κ1) is 30.8. The van der Waals surface area contributed by atoms with Gasteiger partial charge in [0.15, 0.2) is 0 Å². The molecule has 0 heterocycles. The SMILES string of the molecule is [2H]C1(c2cccc(-c3cccc(N(c4ccc5c(c4)-c4ccccc4C5(C)C)c4ccc5c(c4)C4(c6ccccc6-c6ccccc64)c4ccccc4-5)c3)c2)CC1. The zero-order valence-electron chi connectivity index (χ0n) is 32.7. The molecule has 4 aliphatic carbocycles. The Morgan fingerprint density at radius 2 is 0.893 bits per heavy atom. The van der Waals surface area contributed by atoms with Gasteiger partial charge in [0, 0.05) is 23.8 Å². The summed E-state index contributed by atoms with van der Waals surface area (Å²) in [4.78, 5) is 2.47. The molecule has 4 aliphatic rings. The highest BCUT2D eigenvalue weighted by molar-refractivity contribution is 5.97. The lowest BCUT2D eigenvalue weighted by Crippen LogP contribution is -2.26. The van der Waals surface area contributed by atoms with Crippen LogP contribution in [0.2, 0.25) is 0 Å². The normalized spacial score (nSPS) is 16.6. The smallest absolute Gasteiger partial charge is 0.0726 e. The van der Waals surface area contributed by atoms with E-state index in [1.54, 1.807) is 0 Å². The molecule has 12 rings (SSSR count). The van der Waals surface area contributed by atoms with Crippen molar-refractivity contribution in [3.63, 3.8) is 0 Å². The summed E-state index contributed by atoms with van der Waals surface area (Å²) >= 11 is 0. The number of benzene rings is 8. The Bertz CT molecular complexity index is 2920. The molecule has 1 spiro atoms. The number of nitrogens with zero attached hydrogens (tertiary/aromatic N) is 1. The minimum atomic E-state index is -0.441. The molecule has 0 unspecified atom stereocenters. The van der Waals surface area contributed by atoms with Gasteiger partial charge in [0.05, 0.1) is 5.41 Å². The van der Waals surface area contributed by atoms with E-state index in [0.29, 0.717) is 0 Å². The first-order chi connectivity index (χ1) is 27.9. The van der Waals surface area contributed by atoms with Crippen LogP contribution in [0.25, 0.3) is 44.5 Å². The lowest BCUT2D eigenvalue weighted by Gasteiger charge is -2.32. The highest BCUT2D eigenvalue weighted by Crippen LogP contribution is 2.63. The maximum Gasteiger partial charge on any atom is 0.0726 e. The van der Waals surface area contributed by atoms with Gasteiger partial charge in [0.25, 0.3) is 0 Å². The van der Waals surface area contributed by atoms with Crippen molar-refractivity contribution in [2.45, 2.75) is 43.4 Å². The number of anilines is 3. The number of hydrogen-bond donors (Lipinski definition) is 0. The van der Waals surface area contributed by atoms with Crippen LogP contribution in [0, 0.1) is 0 Å². The van der Waals surface area contributed by atoms with Gasteiger partial charge in [-0.05, 0) is 139 Å². The molecule has 1 saturated carbocycles. The Morgan fingerprint density at radius 1 is 0.411 bits per heavy atom. The molecule has 0 radical (unpaired) electrons. The molecule has 0 bridgehead atoms. The fraction of sp³-hybridized carbons (Fsp3) is 0.127. The van der Waals surface area contributed by atoms with Crippen molar-refractivity contribution < 1.29 is 1.37 Å². The van der Waals surface area contributed by atoms with Crippen LogP contribution in [0.15, 0.2) is 182 Å². The van der Waals surface area contributed by atoms with Crippen LogP contribution in [0.4, 0.5) is 17.1 Å². The van der Waals surface area contributed by atoms with Gasteiger partial charge in [0.1, 0.15) is 0 Å². The monoisotopic (exact) mass is 716 g/mol. The zero-order valence-corrected chi connectivity index (χ0v) is 31.7. The molecule has 266 valence electrons. The molecule has 0 amide bonds. The lowest BCUT2D eigenvalue weighted by molar-refractivity contribution is 0.660. The van der Waals surface area contributed by atoms with Crippen molar-refractivity contribution in [2.24, 2.45) is 0 Å². The molecule has 1 fully saturated rings. The van der Waals surface area contributed by atoms with Crippen molar-refractivity contribution in [2.75, 3.05) is 4.90 Å². The second-order valence-electron chi connectivity index (χ2n) is 16.6. The van der Waals surface area contributed by atoms with Crippen LogP contribution < -0.4 is 4.90 Å². The van der Waals surface area contributed by atoms with E-state index in [4.69, 9.17) is 1.37 Å². The predicted molar refractivity (Wildman–Crippen MR) is 232 cm³/mol. The largest absolute Gasteiger partial charge is 0.310 e. The van der Waals surface area contributed by atoms with Gasteiger partial charge < -0.3 is 4.90 Å². The first-order valence-corrected chi connectivity index (χ1v) is 20.1. The fourth-order valence-corrected chi connectivity index (χ4v) is 10.6. The number of fused-ring (bicyclic) bond motifs is 13. The van der Waals surface area contributed by atoms with Crippen LogP contribution in [-0.2, 0) is 10.8 Å². The van der Waals surface area contributed by atoms with E-state index < -0.39 is 11.3 Å². The summed E-state index contributed by atoms with van der Waals surface area (Å²) in [6, 6.07) is 68.0. The van der Waals surface area contributed by atoms with E-state index in [-0.39, 0.29) is 5.41 Å². The van der Waals surface area contributed by atoms with E-state index in [2.05, 4.69) is 201 Å². The standard InChI is InChI=1S/C55H41N/c1-54(2)48-21-7-3-20-45(48)47-33-40(28-30-49(47)54)56(39-16-12-15-38(32-39)37-14-11-13-36(31-37)35-25-26-35)41-27-29-46-44-19-6-10-24-52(44)55(53(46)34-41)50-22-8-4-17-42(50)43-18-5-9-23-51(43)55/h3-24,27-35H,25-26H2,1-2H3/i35D. The summed E-state index contributed by atoms with van der Waals surface area (Å²) in [7, 11) is 0. The van der Waals surface area contributed by atoms with Gasteiger partial charge in [-0.1, -0.05) is 159 Å². The van der Waals surface area contributed by atoms with E-state index in [1.165, 1.54) is 66.8 Å². The minimum Gasteiger partial charge on any atom is -0.310 e. The van der Waals surface area contributed by atoms with E-state index in [1.807, 2.05) is 0 Å². The molecule has 0 saturated heterocycles. The lowest BCUT2D eigenvalue weighted by atomic mass is 9.70. The third-order valence-electron chi connectivity index (χ3n) is 13.3. The van der Waals surface area contributed by atoms with E-state index in [9.17, 15) is 0 Å². The van der Waals surface area contributed by atoms with Gasteiger partial charge in [-0.3, -0.25) is 0 Å². The molecule has 1 heteroatoms. The maximum atomic E-state index is 8.88. The number of hydrogen-bond acceptors (Lipinski definition) is 1. The molecule has 8 aromatic rings. The highest BCUT2D eigenvalue weighted by atomic mass is 15.1. The summed E-state index contributed by atoms with van der Waals surface area (Å²) in [5, 5.41) is 0. The van der Waals surface area contributed by atoms with Gasteiger partial charge in [-0.25, -0.2) is 0 Å². The molecule has 0 N–H and O–H groups in total. The summed E-state index contributed by atoms with van der Waals surface area (Å²) in [6.45, 7) is 4.70. The second kappa shape index (κ2) is 11.5. The van der Waals surface area contributed by atoms with E-state index in [0.717, 1.165) is 46.6 Å². The predicted octanol–water partition coefficient (Wildman–Crippen LogP) is 14.4. The highest BCUT2D eigenvalue weighted by Gasteiger charge is 2.51. The zero-order chi connectivity index (χ0) is 38.1. The molecule has 0 aliphatic heterocycles. The van der Waals surface area contributed by atoms with Crippen LogP contribution in [0.5, 0.6) is 0 Å². The third kappa shape index (κ3) is 4.32. The Labute approximate surface area is 331 Å². The third-order valence-corrected chi connectivity index (χ3v) is 13.3. The van der Waals surface area contributed by atoms with Crippen molar-refractivity contribution in [3.8, 4) is 44.5 Å². The van der Waals surface area contributed by atoms with Crippen LogP contribution >= 0.6 is 0 Å². The maximum absolute atomic E-state index is 8.88. The summed E-state index contributed by atoms with van der Waals surface area (Å²) < 4.78 is 8.88. The Hall–Kier alpha value is -6.44. The quantitative estimate of drug-likeness (QED) is 0.171. The Morgan fingerprint density at radius 3 is 1.54 bits per heavy atom. The molecule has 8 aromatic carbocycles. The fourth-order valence-electron chi connectivity index (χ4n) is 10.6. The summed E-state index contributed by atoms with van der Waals surface area (Å²) in [5.74, 6) is -0.441. The minimum absolute atomic E-state index is 0.0774. The Balaban J connectivity index is 1.10.